The molecule has 0 amide bonds. The summed E-state index contributed by atoms with van der Waals surface area (Å²) in [7, 11) is 0. The molecule has 32 rings (SSSR count). The minimum absolute atomic E-state index is 0.0346. The summed E-state index contributed by atoms with van der Waals surface area (Å²) in [5, 5.41) is 15.3. The van der Waals surface area contributed by atoms with Gasteiger partial charge in [-0.15, -0.1) is 0 Å². The van der Waals surface area contributed by atoms with E-state index in [-0.39, 0.29) is 16.7 Å². The summed E-state index contributed by atoms with van der Waals surface area (Å²) in [5.74, 6) is 0. The Kier molecular flexibility index (Phi) is 14.1. The van der Waals surface area contributed by atoms with Gasteiger partial charge in [-0.25, -0.2) is 0 Å². The fraction of sp³-hybridized carbons (Fsp3) is 0.0238. The largest absolute Gasteiger partial charge is 0.274 e. The van der Waals surface area contributed by atoms with Gasteiger partial charge >= 0.3 is 0 Å². The van der Waals surface area contributed by atoms with Crippen molar-refractivity contribution in [1.82, 2.24) is 13.2 Å². The van der Waals surface area contributed by atoms with Gasteiger partial charge in [0.25, 0.3) is 16.7 Å². The molecule has 0 saturated heterocycles. The topological polar surface area (TPSA) is 64.4 Å². The summed E-state index contributed by atoms with van der Waals surface area (Å²) in [6, 6.07) is 154. The predicted molar refractivity (Wildman–Crippen MR) is 542 cm³/mol. The molecule has 6 aliphatic rings. The molecule has 132 heavy (non-hydrogen) atoms. The minimum atomic E-state index is -0.461. The number of fused-ring (bicyclic) bond motifs is 48. The first-order valence-electron chi connectivity index (χ1n) is 45.7. The first kappa shape index (κ1) is 71.9. The SMILES string of the molecule is O=c1c2ccc(-c3ccccc3)cc2c2cccc3c4ccc5c(c4n1c23)-c1ccccc1C51c2ccccc2-c2ccccc21.O=c1c2ccccc2c2cc(-c3ccccc3)cc3c4ccc5c(c4n1c23)-c1ccccc1C51c2ccccc2-c2ccccc21.O=c1c2ccccc2c2cccc3c4ccc5c(c4n1c23)-c1ccccc1C51c2ccccc2-c2ccccc21. The lowest BCUT2D eigenvalue weighted by Crippen LogP contribution is -2.25. The highest BCUT2D eigenvalue weighted by Crippen LogP contribution is 2.68. The Labute approximate surface area is 755 Å². The maximum absolute atomic E-state index is 14.8. The molecule has 608 valence electrons. The molecule has 0 N–H and O–H groups in total. The second-order valence-corrected chi connectivity index (χ2v) is 36.6. The molecule has 6 nitrogen and oxygen atoms in total. The molecule has 6 aromatic heterocycles. The smallest absolute Gasteiger partial charge is 0.263 e. The minimum Gasteiger partial charge on any atom is -0.274 e. The molecule has 0 aliphatic heterocycles. The lowest BCUT2D eigenvalue weighted by Gasteiger charge is -2.30. The van der Waals surface area contributed by atoms with E-state index in [9.17, 15) is 14.4 Å². The van der Waals surface area contributed by atoms with Gasteiger partial charge in [0, 0.05) is 81.3 Å². The van der Waals surface area contributed by atoms with E-state index in [0.29, 0.717) is 0 Å². The Bertz CT molecular complexity index is 9760. The second kappa shape index (κ2) is 25.8. The zero-order valence-corrected chi connectivity index (χ0v) is 71.1. The molecule has 0 fully saturated rings. The van der Waals surface area contributed by atoms with Gasteiger partial charge in [-0.1, -0.05) is 394 Å². The van der Waals surface area contributed by atoms with Crippen molar-refractivity contribution in [3.05, 3.63) is 529 Å². The van der Waals surface area contributed by atoms with Crippen molar-refractivity contribution in [2.24, 2.45) is 0 Å². The zero-order valence-electron chi connectivity index (χ0n) is 71.1. The maximum Gasteiger partial charge on any atom is 0.263 e. The third-order valence-corrected chi connectivity index (χ3v) is 31.1. The number of pyridine rings is 3. The zero-order chi connectivity index (χ0) is 86.5. The van der Waals surface area contributed by atoms with Gasteiger partial charge in [-0.3, -0.25) is 27.6 Å². The first-order valence-corrected chi connectivity index (χ1v) is 45.7. The van der Waals surface area contributed by atoms with Gasteiger partial charge < -0.3 is 0 Å². The van der Waals surface area contributed by atoms with E-state index < -0.39 is 16.2 Å². The van der Waals surface area contributed by atoms with Crippen molar-refractivity contribution < 1.29 is 0 Å². The summed E-state index contributed by atoms with van der Waals surface area (Å²) in [6.07, 6.45) is 0. The fourth-order valence-corrected chi connectivity index (χ4v) is 26.2. The quantitative estimate of drug-likeness (QED) is 0.162. The number of aromatic nitrogens is 3. The molecular formula is C126H71N3O3. The van der Waals surface area contributed by atoms with Crippen LogP contribution in [0.4, 0.5) is 0 Å². The first-order chi connectivity index (χ1) is 65.3. The van der Waals surface area contributed by atoms with Gasteiger partial charge in [0.05, 0.1) is 49.3 Å². The molecule has 0 atom stereocenters. The molecule has 0 saturated carbocycles. The van der Waals surface area contributed by atoms with Crippen LogP contribution >= 0.6 is 0 Å². The molecule has 0 bridgehead atoms. The van der Waals surface area contributed by atoms with E-state index in [1.165, 1.54) is 134 Å². The van der Waals surface area contributed by atoms with Crippen LogP contribution in [0.2, 0.25) is 0 Å². The molecule has 26 aromatic rings. The van der Waals surface area contributed by atoms with Gasteiger partial charge in [0.2, 0.25) is 0 Å². The summed E-state index contributed by atoms with van der Waals surface area (Å²) in [5.41, 5.74) is 39.7. The molecule has 20 aromatic carbocycles. The Balaban J connectivity index is 0.0000000953. The molecule has 0 unspecified atom stereocenters. The molecule has 6 heterocycles. The van der Waals surface area contributed by atoms with Crippen LogP contribution in [-0.4, -0.2) is 13.2 Å². The van der Waals surface area contributed by atoms with Crippen LogP contribution in [0, 0.1) is 0 Å². The molecular weight excluding hydrogens is 1600 g/mol. The molecule has 6 heteroatoms. The Morgan fingerprint density at radius 2 is 0.356 bits per heavy atom. The monoisotopic (exact) mass is 1670 g/mol. The number of hydrogen-bond acceptors (Lipinski definition) is 3. The van der Waals surface area contributed by atoms with Crippen LogP contribution in [-0.2, 0) is 16.2 Å². The van der Waals surface area contributed by atoms with E-state index in [1.807, 2.05) is 61.7 Å². The molecule has 3 spiro atoms. The lowest BCUT2D eigenvalue weighted by molar-refractivity contribution is 0.794. The third kappa shape index (κ3) is 8.65. The fourth-order valence-electron chi connectivity index (χ4n) is 26.2. The average Bonchev–Trinajstić information content (AvgIpc) is 1.50. The van der Waals surface area contributed by atoms with Crippen LogP contribution in [0.25, 0.3) is 203 Å². The van der Waals surface area contributed by atoms with Crippen molar-refractivity contribution >= 4 is 114 Å². The summed E-state index contributed by atoms with van der Waals surface area (Å²) >= 11 is 0. The van der Waals surface area contributed by atoms with Gasteiger partial charge in [-0.05, 0) is 192 Å². The molecule has 0 radical (unpaired) electrons. The van der Waals surface area contributed by atoms with Gasteiger partial charge in [-0.2, -0.15) is 0 Å². The normalized spacial score (nSPS) is 14.0. The Morgan fingerprint density at radius 1 is 0.136 bits per heavy atom. The van der Waals surface area contributed by atoms with E-state index in [0.717, 1.165) is 136 Å². The Hall–Kier alpha value is -17.2. The highest BCUT2D eigenvalue weighted by molar-refractivity contribution is 6.28. The van der Waals surface area contributed by atoms with Crippen LogP contribution in [0.3, 0.4) is 0 Å². The number of benzene rings is 20. The lowest BCUT2D eigenvalue weighted by atomic mass is 9.70. The summed E-state index contributed by atoms with van der Waals surface area (Å²) in [6.45, 7) is 0. The number of nitrogens with zero attached hydrogens (tertiary/aromatic N) is 3. The van der Waals surface area contributed by atoms with E-state index in [2.05, 4.69) is 382 Å². The second-order valence-electron chi connectivity index (χ2n) is 36.6. The molecule has 6 aliphatic carbocycles. The van der Waals surface area contributed by atoms with Crippen molar-refractivity contribution in [3.8, 4) is 89.0 Å². The van der Waals surface area contributed by atoms with E-state index >= 15 is 0 Å². The van der Waals surface area contributed by atoms with Crippen molar-refractivity contribution in [1.29, 1.82) is 0 Å². The van der Waals surface area contributed by atoms with Crippen LogP contribution < -0.4 is 16.7 Å². The summed E-state index contributed by atoms with van der Waals surface area (Å²) in [4.78, 5) is 43.9. The van der Waals surface area contributed by atoms with E-state index in [1.54, 1.807) is 0 Å². The number of hydrogen-bond donors (Lipinski definition) is 0. The van der Waals surface area contributed by atoms with Crippen molar-refractivity contribution in [3.63, 3.8) is 0 Å². The Morgan fingerprint density at radius 3 is 0.712 bits per heavy atom. The van der Waals surface area contributed by atoms with Gasteiger partial charge in [0.1, 0.15) is 0 Å². The summed E-state index contributed by atoms with van der Waals surface area (Å²) < 4.78 is 6.09. The predicted octanol–water partition coefficient (Wildman–Crippen LogP) is 29.0. The van der Waals surface area contributed by atoms with Crippen LogP contribution in [0.5, 0.6) is 0 Å². The third-order valence-electron chi connectivity index (χ3n) is 31.1. The number of rotatable bonds is 2. The highest BCUT2D eigenvalue weighted by atomic mass is 16.1. The van der Waals surface area contributed by atoms with Crippen molar-refractivity contribution in [2.75, 3.05) is 0 Å². The number of para-hydroxylation sites is 2. The maximum atomic E-state index is 14.8. The average molecular weight is 1670 g/mol. The standard InChI is InChI=1S/2C44H25NO.C38H21NO/c46-43-33-22-21-27(26-11-2-1-3-12-26)25-35(33)31-17-10-16-30-32-23-24-39-40(42(32)45(43)41(30)31)34-15-6-9-20-38(34)44(39)36-18-7-4-13-28(36)29-14-5-8-19-37(29)44;46-43-32-17-5-4-14-28(32)34-24-27(26-12-2-1-3-13-26)25-35-31-22-23-39-40(42(31)45(43)41(34)35)33-18-8-11-21-38(33)44(39)36-19-9-6-15-29(36)30-16-7-10-20-37(30)44;40-37-28-13-2-1-10-22(28)25-15-9-16-26-27-20-21-33-34(36(27)39(37)35(25)26)29-14-5-8-19-32(29)38(33)30-17-6-3-11-23(30)24-12-4-7-18-31(24)38/h2*1-25H;1-21H. The van der Waals surface area contributed by atoms with E-state index in [4.69, 9.17) is 0 Å². The van der Waals surface area contributed by atoms with Crippen LogP contribution in [0.1, 0.15) is 66.8 Å². The highest BCUT2D eigenvalue weighted by Gasteiger charge is 2.56. The van der Waals surface area contributed by atoms with Gasteiger partial charge in [0.15, 0.2) is 0 Å². The van der Waals surface area contributed by atoms with Crippen LogP contribution in [0.15, 0.2) is 445 Å². The van der Waals surface area contributed by atoms with Crippen molar-refractivity contribution in [2.45, 2.75) is 16.2 Å².